The second-order valence-corrected chi connectivity index (χ2v) is 5.34. The van der Waals surface area contributed by atoms with Crippen LogP contribution in [0.4, 0.5) is 0 Å². The van der Waals surface area contributed by atoms with E-state index in [1.807, 2.05) is 13.8 Å². The van der Waals surface area contributed by atoms with Crippen LogP contribution in [0.1, 0.15) is 57.2 Å². The number of rotatable bonds is 6. The summed E-state index contributed by atoms with van der Waals surface area (Å²) in [5.74, 6) is 1.70. The van der Waals surface area contributed by atoms with Gasteiger partial charge in [-0.2, -0.15) is 4.98 Å². The molecule has 0 saturated heterocycles. The third kappa shape index (κ3) is 3.29. The number of hydrogen-bond donors (Lipinski definition) is 1. The van der Waals surface area contributed by atoms with Gasteiger partial charge >= 0.3 is 0 Å². The van der Waals surface area contributed by atoms with Gasteiger partial charge < -0.3 is 9.63 Å². The fourth-order valence-electron chi connectivity index (χ4n) is 2.54. The molecule has 18 heavy (non-hydrogen) atoms. The van der Waals surface area contributed by atoms with Gasteiger partial charge in [0.1, 0.15) is 0 Å². The minimum absolute atomic E-state index is 0.186. The molecule has 0 aromatic carbocycles. The zero-order valence-corrected chi connectivity index (χ0v) is 11.3. The molecule has 102 valence electrons. The van der Waals surface area contributed by atoms with E-state index in [1.54, 1.807) is 0 Å². The first-order valence-corrected chi connectivity index (χ1v) is 6.88. The molecule has 5 heteroatoms. The van der Waals surface area contributed by atoms with Crippen LogP contribution in [-0.2, 0) is 6.54 Å². The first-order valence-electron chi connectivity index (χ1n) is 6.88. The van der Waals surface area contributed by atoms with Crippen LogP contribution in [0, 0.1) is 0 Å². The molecule has 0 bridgehead atoms. The minimum Gasteiger partial charge on any atom is -0.395 e. The maximum absolute atomic E-state index is 9.16. The highest BCUT2D eigenvalue weighted by Gasteiger charge is 2.23. The van der Waals surface area contributed by atoms with Gasteiger partial charge in [-0.15, -0.1) is 0 Å². The SMILES string of the molecule is CC(C)c1nc(CN(CCO)C2CCCC2)no1. The van der Waals surface area contributed by atoms with Crippen LogP contribution < -0.4 is 0 Å². The van der Waals surface area contributed by atoms with Crippen molar-refractivity contribution in [2.45, 2.75) is 58.0 Å². The van der Waals surface area contributed by atoms with Crippen molar-refractivity contribution in [2.24, 2.45) is 0 Å². The van der Waals surface area contributed by atoms with Gasteiger partial charge in [-0.3, -0.25) is 4.90 Å². The van der Waals surface area contributed by atoms with Crippen LogP contribution in [0.3, 0.4) is 0 Å². The predicted octanol–water partition coefficient (Wildman–Crippen LogP) is 1.93. The van der Waals surface area contributed by atoms with Crippen molar-refractivity contribution >= 4 is 0 Å². The van der Waals surface area contributed by atoms with Crippen molar-refractivity contribution in [3.05, 3.63) is 11.7 Å². The smallest absolute Gasteiger partial charge is 0.229 e. The van der Waals surface area contributed by atoms with Gasteiger partial charge in [0.15, 0.2) is 5.82 Å². The average molecular weight is 253 g/mol. The highest BCUT2D eigenvalue weighted by atomic mass is 16.5. The lowest BCUT2D eigenvalue weighted by molar-refractivity contribution is 0.140. The molecule has 1 aliphatic rings. The summed E-state index contributed by atoms with van der Waals surface area (Å²) >= 11 is 0. The Morgan fingerprint density at radius 2 is 2.11 bits per heavy atom. The summed E-state index contributed by atoms with van der Waals surface area (Å²) in [6.45, 7) is 5.64. The molecule has 1 N–H and O–H groups in total. The number of aliphatic hydroxyl groups is 1. The van der Waals surface area contributed by atoms with Gasteiger partial charge in [0.2, 0.25) is 5.89 Å². The van der Waals surface area contributed by atoms with Gasteiger partial charge in [-0.1, -0.05) is 31.8 Å². The molecule has 0 aliphatic heterocycles. The van der Waals surface area contributed by atoms with E-state index < -0.39 is 0 Å². The second-order valence-electron chi connectivity index (χ2n) is 5.34. The average Bonchev–Trinajstić information content (AvgIpc) is 2.99. The Labute approximate surface area is 108 Å². The number of hydrogen-bond acceptors (Lipinski definition) is 5. The van der Waals surface area contributed by atoms with Crippen molar-refractivity contribution in [1.82, 2.24) is 15.0 Å². The number of aromatic nitrogens is 2. The molecule has 1 aliphatic carbocycles. The van der Waals surface area contributed by atoms with Crippen molar-refractivity contribution in [3.63, 3.8) is 0 Å². The molecular formula is C13H23N3O2. The lowest BCUT2D eigenvalue weighted by atomic mass is 10.2. The summed E-state index contributed by atoms with van der Waals surface area (Å²) in [5, 5.41) is 13.2. The van der Waals surface area contributed by atoms with E-state index >= 15 is 0 Å². The second kappa shape index (κ2) is 6.29. The highest BCUT2D eigenvalue weighted by Crippen LogP contribution is 2.24. The summed E-state index contributed by atoms with van der Waals surface area (Å²) in [7, 11) is 0. The number of aliphatic hydroxyl groups excluding tert-OH is 1. The van der Waals surface area contributed by atoms with Gasteiger partial charge in [-0.05, 0) is 12.8 Å². The number of nitrogens with zero attached hydrogens (tertiary/aromatic N) is 3. The van der Waals surface area contributed by atoms with E-state index in [0.717, 1.165) is 5.82 Å². The maximum atomic E-state index is 9.16. The normalized spacial score (nSPS) is 17.2. The molecule has 1 fully saturated rings. The van der Waals surface area contributed by atoms with Crippen molar-refractivity contribution in [2.75, 3.05) is 13.2 Å². The van der Waals surface area contributed by atoms with Crippen LogP contribution in [0.5, 0.6) is 0 Å². The third-order valence-corrected chi connectivity index (χ3v) is 3.55. The zero-order valence-electron chi connectivity index (χ0n) is 11.3. The molecule has 5 nitrogen and oxygen atoms in total. The van der Waals surface area contributed by atoms with Gasteiger partial charge in [-0.25, -0.2) is 0 Å². The molecule has 1 aromatic rings. The molecule has 0 atom stereocenters. The van der Waals surface area contributed by atoms with E-state index in [9.17, 15) is 0 Å². The largest absolute Gasteiger partial charge is 0.395 e. The van der Waals surface area contributed by atoms with Crippen molar-refractivity contribution in [3.8, 4) is 0 Å². The zero-order chi connectivity index (χ0) is 13.0. The van der Waals surface area contributed by atoms with Crippen LogP contribution in [-0.4, -0.2) is 39.3 Å². The summed E-state index contributed by atoms with van der Waals surface area (Å²) in [4.78, 5) is 6.68. The Morgan fingerprint density at radius 1 is 1.39 bits per heavy atom. The van der Waals surface area contributed by atoms with E-state index in [1.165, 1.54) is 25.7 Å². The lowest BCUT2D eigenvalue weighted by Gasteiger charge is -2.26. The van der Waals surface area contributed by atoms with E-state index in [2.05, 4.69) is 15.0 Å². The Hall–Kier alpha value is -0.940. The topological polar surface area (TPSA) is 62.4 Å². The van der Waals surface area contributed by atoms with Crippen molar-refractivity contribution < 1.29 is 9.63 Å². The molecule has 0 amide bonds. The van der Waals surface area contributed by atoms with Crippen molar-refractivity contribution in [1.29, 1.82) is 0 Å². The summed E-state index contributed by atoms with van der Waals surface area (Å²) in [6.07, 6.45) is 5.01. The van der Waals surface area contributed by atoms with Gasteiger partial charge in [0.05, 0.1) is 13.2 Å². The monoisotopic (exact) mass is 253 g/mol. The molecule has 1 heterocycles. The van der Waals surface area contributed by atoms with E-state index in [0.29, 0.717) is 25.0 Å². The fraction of sp³-hybridized carbons (Fsp3) is 0.846. The molecule has 2 rings (SSSR count). The Balaban J connectivity index is 1.98. The first-order chi connectivity index (χ1) is 8.70. The minimum atomic E-state index is 0.186. The predicted molar refractivity (Wildman–Crippen MR) is 68.1 cm³/mol. The summed E-state index contributed by atoms with van der Waals surface area (Å²) in [5.41, 5.74) is 0. The maximum Gasteiger partial charge on any atom is 0.229 e. The summed E-state index contributed by atoms with van der Waals surface area (Å²) in [6, 6.07) is 0.568. The molecule has 1 aromatic heterocycles. The highest BCUT2D eigenvalue weighted by molar-refractivity contribution is 4.92. The Bertz CT molecular complexity index is 359. The first kappa shape index (κ1) is 13.5. The molecule has 0 radical (unpaired) electrons. The van der Waals surface area contributed by atoms with Crippen LogP contribution in [0.2, 0.25) is 0 Å². The molecule has 1 saturated carbocycles. The van der Waals surface area contributed by atoms with Crippen LogP contribution in [0.25, 0.3) is 0 Å². The Kier molecular flexibility index (Phi) is 4.72. The third-order valence-electron chi connectivity index (χ3n) is 3.55. The molecule has 0 spiro atoms. The van der Waals surface area contributed by atoms with Gasteiger partial charge in [0.25, 0.3) is 0 Å². The Morgan fingerprint density at radius 3 is 2.67 bits per heavy atom. The lowest BCUT2D eigenvalue weighted by Crippen LogP contribution is -2.35. The standard InChI is InChI=1S/C13H23N3O2/c1-10(2)13-14-12(15-18-13)9-16(7-8-17)11-5-3-4-6-11/h10-11,17H,3-9H2,1-2H3. The van der Waals surface area contributed by atoms with Crippen LogP contribution in [0.15, 0.2) is 4.52 Å². The quantitative estimate of drug-likeness (QED) is 0.839. The molecular weight excluding hydrogens is 230 g/mol. The summed E-state index contributed by atoms with van der Waals surface area (Å²) < 4.78 is 5.22. The van der Waals surface area contributed by atoms with E-state index in [-0.39, 0.29) is 12.5 Å². The van der Waals surface area contributed by atoms with E-state index in [4.69, 9.17) is 9.63 Å². The fourth-order valence-corrected chi connectivity index (χ4v) is 2.54. The van der Waals surface area contributed by atoms with Gasteiger partial charge in [0, 0.05) is 18.5 Å². The van der Waals surface area contributed by atoms with Crippen LogP contribution >= 0.6 is 0 Å². The molecule has 0 unspecified atom stereocenters.